The van der Waals surface area contributed by atoms with Crippen LogP contribution in [0, 0.1) is 5.92 Å². The maximum atomic E-state index is 12.1. The number of hydrogen-bond acceptors (Lipinski definition) is 4. The number of carbonyl (C=O) groups excluding carboxylic acids is 1. The molecule has 2 aromatic rings. The van der Waals surface area contributed by atoms with Gasteiger partial charge in [0.1, 0.15) is 5.52 Å². The van der Waals surface area contributed by atoms with Crippen molar-refractivity contribution >= 4 is 23.1 Å². The van der Waals surface area contributed by atoms with Crippen LogP contribution in [0.5, 0.6) is 0 Å². The quantitative estimate of drug-likeness (QED) is 0.874. The van der Waals surface area contributed by atoms with Crippen molar-refractivity contribution in [2.75, 3.05) is 19.7 Å². The van der Waals surface area contributed by atoms with E-state index in [-0.39, 0.29) is 12.5 Å². The van der Waals surface area contributed by atoms with Gasteiger partial charge in [-0.25, -0.2) is 4.98 Å². The van der Waals surface area contributed by atoms with Crippen molar-refractivity contribution in [2.24, 2.45) is 5.92 Å². The van der Waals surface area contributed by atoms with E-state index in [0.717, 1.165) is 31.4 Å². The predicted octanol–water partition coefficient (Wildman–Crippen LogP) is 2.07. The van der Waals surface area contributed by atoms with Gasteiger partial charge in [-0.1, -0.05) is 12.1 Å². The monoisotopic (exact) mass is 286 g/mol. The maximum Gasteiger partial charge on any atom is 0.246 e. The Morgan fingerprint density at radius 3 is 3.14 bits per heavy atom. The summed E-state index contributed by atoms with van der Waals surface area (Å²) in [6.45, 7) is 1.66. The lowest BCUT2D eigenvalue weighted by Gasteiger charge is -2.13. The summed E-state index contributed by atoms with van der Waals surface area (Å²) in [5, 5.41) is 8.93. The number of hydrogen-bond donors (Lipinski definition) is 1. The molecule has 5 heteroatoms. The minimum Gasteiger partial charge on any atom is -0.437 e. The molecule has 1 atom stereocenters. The van der Waals surface area contributed by atoms with Crippen LogP contribution in [0.3, 0.4) is 0 Å². The number of rotatable bonds is 4. The maximum absolute atomic E-state index is 12.1. The Morgan fingerprint density at radius 1 is 1.48 bits per heavy atom. The average Bonchev–Trinajstić information content (AvgIpc) is 3.11. The van der Waals surface area contributed by atoms with Crippen molar-refractivity contribution in [3.05, 3.63) is 36.2 Å². The number of benzene rings is 1. The van der Waals surface area contributed by atoms with E-state index in [9.17, 15) is 4.79 Å². The van der Waals surface area contributed by atoms with E-state index in [4.69, 9.17) is 9.52 Å². The first kappa shape index (κ1) is 13.8. The summed E-state index contributed by atoms with van der Waals surface area (Å²) in [5.74, 6) is 0.824. The van der Waals surface area contributed by atoms with Gasteiger partial charge in [-0.05, 0) is 30.9 Å². The molecule has 21 heavy (non-hydrogen) atoms. The van der Waals surface area contributed by atoms with Crippen LogP contribution in [0.4, 0.5) is 0 Å². The lowest BCUT2D eigenvalue weighted by Crippen LogP contribution is -2.26. The van der Waals surface area contributed by atoms with Gasteiger partial charge in [-0.15, -0.1) is 0 Å². The first-order chi connectivity index (χ1) is 10.3. The number of amides is 1. The first-order valence-corrected chi connectivity index (χ1v) is 7.19. The Bertz CT molecular complexity index is 629. The fourth-order valence-corrected chi connectivity index (χ4v) is 2.66. The van der Waals surface area contributed by atoms with Crippen LogP contribution >= 0.6 is 0 Å². The molecular weight excluding hydrogens is 268 g/mol. The first-order valence-electron chi connectivity index (χ1n) is 7.19. The van der Waals surface area contributed by atoms with Crippen LogP contribution in [0.15, 0.2) is 34.8 Å². The average molecular weight is 286 g/mol. The molecule has 1 aromatic carbocycles. The number of aromatic nitrogens is 1. The number of para-hydroxylation sites is 2. The molecule has 1 fully saturated rings. The zero-order valence-electron chi connectivity index (χ0n) is 11.7. The van der Waals surface area contributed by atoms with Crippen LogP contribution in [0.25, 0.3) is 17.2 Å². The van der Waals surface area contributed by atoms with E-state index in [2.05, 4.69) is 4.98 Å². The lowest BCUT2D eigenvalue weighted by molar-refractivity contribution is -0.125. The predicted molar refractivity (Wildman–Crippen MR) is 79.4 cm³/mol. The van der Waals surface area contributed by atoms with E-state index in [1.54, 1.807) is 11.0 Å². The molecule has 2 heterocycles. The standard InChI is InChI=1S/C16H18N2O3/c19-10-8-12-7-9-18(11-12)16(20)6-5-15-17-13-3-1-2-4-14(13)21-15/h1-6,12,19H,7-11H2/b6-5+. The third-order valence-corrected chi connectivity index (χ3v) is 3.81. The summed E-state index contributed by atoms with van der Waals surface area (Å²) in [5.41, 5.74) is 1.50. The normalized spacial score (nSPS) is 18.9. The lowest BCUT2D eigenvalue weighted by atomic mass is 10.1. The number of aliphatic hydroxyl groups excluding tert-OH is 1. The van der Waals surface area contributed by atoms with Crippen LogP contribution < -0.4 is 0 Å². The van der Waals surface area contributed by atoms with Crippen molar-refractivity contribution < 1.29 is 14.3 Å². The topological polar surface area (TPSA) is 66.6 Å². The molecule has 1 N–H and O–H groups in total. The largest absolute Gasteiger partial charge is 0.437 e. The van der Waals surface area contributed by atoms with Gasteiger partial charge < -0.3 is 14.4 Å². The third kappa shape index (κ3) is 3.13. The summed E-state index contributed by atoms with van der Waals surface area (Å²) in [6, 6.07) is 7.51. The van der Waals surface area contributed by atoms with E-state index >= 15 is 0 Å². The Labute approximate surface area is 122 Å². The number of nitrogens with zero attached hydrogens (tertiary/aromatic N) is 2. The molecule has 1 unspecified atom stereocenters. The minimum atomic E-state index is -0.0299. The van der Waals surface area contributed by atoms with E-state index in [0.29, 0.717) is 17.4 Å². The van der Waals surface area contributed by atoms with E-state index in [1.807, 2.05) is 24.3 Å². The summed E-state index contributed by atoms with van der Waals surface area (Å²) < 4.78 is 5.54. The van der Waals surface area contributed by atoms with Crippen molar-refractivity contribution in [3.63, 3.8) is 0 Å². The van der Waals surface area contributed by atoms with Gasteiger partial charge in [0.15, 0.2) is 5.58 Å². The van der Waals surface area contributed by atoms with Crippen LogP contribution in [0.1, 0.15) is 18.7 Å². The van der Waals surface area contributed by atoms with Gasteiger partial charge in [0.2, 0.25) is 11.8 Å². The fourth-order valence-electron chi connectivity index (χ4n) is 2.66. The van der Waals surface area contributed by atoms with Crippen molar-refractivity contribution in [2.45, 2.75) is 12.8 Å². The van der Waals surface area contributed by atoms with Gasteiger partial charge in [0.05, 0.1) is 0 Å². The molecule has 0 aliphatic carbocycles. The highest BCUT2D eigenvalue weighted by Crippen LogP contribution is 2.20. The molecule has 1 aromatic heterocycles. The second-order valence-corrected chi connectivity index (χ2v) is 5.30. The summed E-state index contributed by atoms with van der Waals surface area (Å²) in [7, 11) is 0. The number of fused-ring (bicyclic) bond motifs is 1. The molecule has 3 rings (SSSR count). The molecular formula is C16H18N2O3. The van der Waals surface area contributed by atoms with Crippen molar-refractivity contribution in [1.29, 1.82) is 0 Å². The third-order valence-electron chi connectivity index (χ3n) is 3.81. The smallest absolute Gasteiger partial charge is 0.246 e. The van der Waals surface area contributed by atoms with Gasteiger partial charge in [-0.2, -0.15) is 0 Å². The summed E-state index contributed by atoms with van der Waals surface area (Å²) in [6.07, 6.45) is 4.84. The molecule has 1 aliphatic rings. The molecule has 110 valence electrons. The van der Waals surface area contributed by atoms with Crippen molar-refractivity contribution in [1.82, 2.24) is 9.88 Å². The van der Waals surface area contributed by atoms with Gasteiger partial charge in [0, 0.05) is 31.8 Å². The zero-order chi connectivity index (χ0) is 14.7. The Balaban J connectivity index is 1.64. The number of aliphatic hydroxyl groups is 1. The van der Waals surface area contributed by atoms with Crippen LogP contribution in [-0.2, 0) is 4.79 Å². The molecule has 0 spiro atoms. The Hall–Kier alpha value is -2.14. The number of carbonyl (C=O) groups is 1. The van der Waals surface area contributed by atoms with Gasteiger partial charge in [-0.3, -0.25) is 4.79 Å². The fraction of sp³-hybridized carbons (Fsp3) is 0.375. The summed E-state index contributed by atoms with van der Waals surface area (Å²) in [4.78, 5) is 18.2. The molecule has 1 aliphatic heterocycles. The second-order valence-electron chi connectivity index (χ2n) is 5.30. The van der Waals surface area contributed by atoms with E-state index in [1.165, 1.54) is 6.08 Å². The van der Waals surface area contributed by atoms with E-state index < -0.39 is 0 Å². The zero-order valence-corrected chi connectivity index (χ0v) is 11.7. The second kappa shape index (κ2) is 6.10. The highest BCUT2D eigenvalue weighted by atomic mass is 16.3. The highest BCUT2D eigenvalue weighted by molar-refractivity contribution is 5.91. The molecule has 1 saturated heterocycles. The molecule has 0 saturated carbocycles. The Morgan fingerprint density at radius 2 is 2.33 bits per heavy atom. The van der Waals surface area contributed by atoms with Gasteiger partial charge in [0.25, 0.3) is 0 Å². The molecule has 0 bridgehead atoms. The highest BCUT2D eigenvalue weighted by Gasteiger charge is 2.24. The van der Waals surface area contributed by atoms with Gasteiger partial charge >= 0.3 is 0 Å². The van der Waals surface area contributed by atoms with Crippen molar-refractivity contribution in [3.8, 4) is 0 Å². The number of likely N-dealkylation sites (tertiary alicyclic amines) is 1. The molecule has 0 radical (unpaired) electrons. The van der Waals surface area contributed by atoms with Crippen LogP contribution in [0.2, 0.25) is 0 Å². The van der Waals surface area contributed by atoms with Crippen LogP contribution in [-0.4, -0.2) is 40.6 Å². The molecule has 1 amide bonds. The molecule has 5 nitrogen and oxygen atoms in total. The SMILES string of the molecule is O=C(/C=C/c1nc2ccccc2o1)N1CCC(CCO)C1. The Kier molecular flexibility index (Phi) is 4.01. The summed E-state index contributed by atoms with van der Waals surface area (Å²) >= 11 is 0. The number of oxazole rings is 1. The minimum absolute atomic E-state index is 0.0299.